The van der Waals surface area contributed by atoms with E-state index < -0.39 is 0 Å². The first-order valence-corrected chi connectivity index (χ1v) is 7.33. The fourth-order valence-electron chi connectivity index (χ4n) is 1.64. The first-order chi connectivity index (χ1) is 9.57. The van der Waals surface area contributed by atoms with E-state index in [1.807, 2.05) is 6.92 Å². The lowest BCUT2D eigenvalue weighted by Crippen LogP contribution is -2.28. The van der Waals surface area contributed by atoms with E-state index in [-0.39, 0.29) is 5.91 Å². The van der Waals surface area contributed by atoms with Crippen molar-refractivity contribution in [3.63, 3.8) is 0 Å². The largest absolute Gasteiger partial charge is 0.493 e. The third-order valence-corrected chi connectivity index (χ3v) is 3.91. The predicted molar refractivity (Wildman–Crippen MR) is 81.4 cm³/mol. The average Bonchev–Trinajstić information content (AvgIpc) is 2.50. The number of hydrogen-bond donors (Lipinski definition) is 1. The molecule has 0 saturated carbocycles. The minimum atomic E-state index is -0.169. The highest BCUT2D eigenvalue weighted by Gasteiger charge is 2.17. The summed E-state index contributed by atoms with van der Waals surface area (Å²) in [5.41, 5.74) is 0.473. The van der Waals surface area contributed by atoms with E-state index >= 15 is 0 Å². The van der Waals surface area contributed by atoms with Crippen LogP contribution in [0.15, 0.2) is 12.1 Å². The van der Waals surface area contributed by atoms with Gasteiger partial charge in [0.25, 0.3) is 5.91 Å². The van der Waals surface area contributed by atoms with Gasteiger partial charge in [0.2, 0.25) is 5.75 Å². The van der Waals surface area contributed by atoms with Crippen molar-refractivity contribution in [1.82, 2.24) is 5.32 Å². The number of rotatable bonds is 7. The molecule has 1 N–H and O–H groups in total. The molecule has 0 bridgehead atoms. The summed E-state index contributed by atoms with van der Waals surface area (Å²) in [6, 6.07) is 3.27. The number of nitrogens with one attached hydrogen (secondary N) is 1. The van der Waals surface area contributed by atoms with Gasteiger partial charge in [-0.2, -0.15) is 0 Å². The summed E-state index contributed by atoms with van der Waals surface area (Å²) < 4.78 is 15.7. The Labute approximate surface area is 127 Å². The minimum absolute atomic E-state index is 0.169. The van der Waals surface area contributed by atoms with Crippen molar-refractivity contribution in [2.45, 2.75) is 6.92 Å². The van der Waals surface area contributed by atoms with Gasteiger partial charge in [-0.1, -0.05) is 22.9 Å². The first kappa shape index (κ1) is 16.6. The van der Waals surface area contributed by atoms with Crippen LogP contribution < -0.4 is 19.5 Å². The van der Waals surface area contributed by atoms with Gasteiger partial charge in [0.15, 0.2) is 11.5 Å². The van der Waals surface area contributed by atoms with E-state index in [0.29, 0.717) is 35.3 Å². The maximum Gasteiger partial charge on any atom is 0.251 e. The maximum atomic E-state index is 12.1. The van der Waals surface area contributed by atoms with E-state index in [0.717, 1.165) is 5.33 Å². The predicted octanol–water partition coefficient (Wildman–Crippen LogP) is 2.47. The summed E-state index contributed by atoms with van der Waals surface area (Å²) in [4.78, 5) is 12.1. The molecule has 6 heteroatoms. The molecule has 112 valence electrons. The van der Waals surface area contributed by atoms with Gasteiger partial charge in [0.1, 0.15) is 0 Å². The van der Waals surface area contributed by atoms with Crippen LogP contribution in [0.25, 0.3) is 0 Å². The monoisotopic (exact) mass is 345 g/mol. The molecule has 1 aromatic carbocycles. The summed E-state index contributed by atoms with van der Waals surface area (Å²) in [6.07, 6.45) is 0. The smallest absolute Gasteiger partial charge is 0.251 e. The molecule has 0 heterocycles. The van der Waals surface area contributed by atoms with E-state index in [9.17, 15) is 4.79 Å². The van der Waals surface area contributed by atoms with Crippen molar-refractivity contribution in [3.05, 3.63) is 17.7 Å². The Kier molecular flexibility index (Phi) is 6.64. The van der Waals surface area contributed by atoms with Crippen LogP contribution in [0.2, 0.25) is 0 Å². The van der Waals surface area contributed by atoms with Gasteiger partial charge >= 0.3 is 0 Å². The maximum absolute atomic E-state index is 12.1. The molecule has 20 heavy (non-hydrogen) atoms. The fraction of sp³-hybridized carbons (Fsp3) is 0.500. The lowest BCUT2D eigenvalue weighted by Gasteiger charge is -2.14. The second-order valence-electron chi connectivity index (χ2n) is 4.38. The van der Waals surface area contributed by atoms with E-state index in [1.54, 1.807) is 12.1 Å². The molecular formula is C14H20BrNO4. The van der Waals surface area contributed by atoms with Crippen molar-refractivity contribution in [2.24, 2.45) is 5.92 Å². The molecule has 1 atom stereocenters. The van der Waals surface area contributed by atoms with Crippen molar-refractivity contribution in [2.75, 3.05) is 33.2 Å². The Hall–Kier alpha value is -1.43. The van der Waals surface area contributed by atoms with Crippen molar-refractivity contribution >= 4 is 21.8 Å². The first-order valence-electron chi connectivity index (χ1n) is 6.21. The molecule has 0 aliphatic rings. The Morgan fingerprint density at radius 2 is 1.75 bits per heavy atom. The molecule has 0 aliphatic carbocycles. The second kappa shape index (κ2) is 7.99. The molecule has 0 radical (unpaired) electrons. The molecule has 1 amide bonds. The van der Waals surface area contributed by atoms with Crippen molar-refractivity contribution < 1.29 is 19.0 Å². The van der Waals surface area contributed by atoms with Crippen LogP contribution in [0.3, 0.4) is 0 Å². The van der Waals surface area contributed by atoms with E-state index in [2.05, 4.69) is 21.2 Å². The fourth-order valence-corrected chi connectivity index (χ4v) is 1.86. The van der Waals surface area contributed by atoms with Gasteiger partial charge in [-0.3, -0.25) is 4.79 Å². The Bertz CT molecular complexity index is 439. The minimum Gasteiger partial charge on any atom is -0.493 e. The summed E-state index contributed by atoms with van der Waals surface area (Å²) in [7, 11) is 4.57. The molecule has 1 rings (SSSR count). The molecule has 0 fully saturated rings. The van der Waals surface area contributed by atoms with Gasteiger partial charge < -0.3 is 19.5 Å². The van der Waals surface area contributed by atoms with Crippen LogP contribution in [-0.4, -0.2) is 39.1 Å². The van der Waals surface area contributed by atoms with Gasteiger partial charge in [0.05, 0.1) is 21.3 Å². The Balaban J connectivity index is 2.97. The second-order valence-corrected chi connectivity index (χ2v) is 5.03. The Morgan fingerprint density at radius 3 is 2.15 bits per heavy atom. The molecule has 0 aliphatic heterocycles. The van der Waals surface area contributed by atoms with Crippen LogP contribution in [0.4, 0.5) is 0 Å². The number of carbonyl (C=O) groups is 1. The van der Waals surface area contributed by atoms with Crippen LogP contribution >= 0.6 is 15.9 Å². The summed E-state index contributed by atoms with van der Waals surface area (Å²) in [5, 5.41) is 3.70. The molecule has 1 aromatic rings. The standard InChI is InChI=1S/C14H20BrNO4/c1-9(7-15)8-16-14(17)10-5-11(18-2)13(20-4)12(6-10)19-3/h5-6,9H,7-8H2,1-4H3,(H,16,17). The number of methoxy groups -OCH3 is 3. The highest BCUT2D eigenvalue weighted by atomic mass is 79.9. The molecular weight excluding hydrogens is 326 g/mol. The average molecular weight is 346 g/mol. The van der Waals surface area contributed by atoms with Crippen molar-refractivity contribution in [1.29, 1.82) is 0 Å². The number of halogens is 1. The zero-order chi connectivity index (χ0) is 15.1. The number of hydrogen-bond acceptors (Lipinski definition) is 4. The van der Waals surface area contributed by atoms with E-state index in [1.165, 1.54) is 21.3 Å². The highest BCUT2D eigenvalue weighted by Crippen LogP contribution is 2.38. The number of ether oxygens (including phenoxy) is 3. The van der Waals surface area contributed by atoms with Gasteiger partial charge in [-0.05, 0) is 18.1 Å². The van der Waals surface area contributed by atoms with Crippen LogP contribution in [0, 0.1) is 5.92 Å². The zero-order valence-electron chi connectivity index (χ0n) is 12.2. The third kappa shape index (κ3) is 4.03. The van der Waals surface area contributed by atoms with Crippen LogP contribution in [0.1, 0.15) is 17.3 Å². The topological polar surface area (TPSA) is 56.8 Å². The quantitative estimate of drug-likeness (QED) is 0.771. The normalized spacial score (nSPS) is 11.7. The summed E-state index contributed by atoms with van der Waals surface area (Å²) in [6.45, 7) is 2.64. The van der Waals surface area contributed by atoms with Crippen LogP contribution in [0.5, 0.6) is 17.2 Å². The number of amides is 1. The summed E-state index contributed by atoms with van der Waals surface area (Å²) in [5.74, 6) is 1.59. The van der Waals surface area contributed by atoms with E-state index in [4.69, 9.17) is 14.2 Å². The van der Waals surface area contributed by atoms with Gasteiger partial charge in [-0.25, -0.2) is 0 Å². The molecule has 5 nitrogen and oxygen atoms in total. The molecule has 0 spiro atoms. The number of benzene rings is 1. The molecule has 1 unspecified atom stereocenters. The van der Waals surface area contributed by atoms with Crippen LogP contribution in [-0.2, 0) is 0 Å². The number of alkyl halides is 1. The zero-order valence-corrected chi connectivity index (χ0v) is 13.7. The van der Waals surface area contributed by atoms with Gasteiger partial charge in [0, 0.05) is 17.4 Å². The third-order valence-electron chi connectivity index (χ3n) is 2.80. The van der Waals surface area contributed by atoms with Crippen molar-refractivity contribution in [3.8, 4) is 17.2 Å². The Morgan fingerprint density at radius 1 is 1.20 bits per heavy atom. The van der Waals surface area contributed by atoms with Gasteiger partial charge in [-0.15, -0.1) is 0 Å². The number of carbonyl (C=O) groups excluding carboxylic acids is 1. The molecule has 0 aromatic heterocycles. The summed E-state index contributed by atoms with van der Waals surface area (Å²) >= 11 is 3.38. The lowest BCUT2D eigenvalue weighted by atomic mass is 10.1. The highest BCUT2D eigenvalue weighted by molar-refractivity contribution is 9.09. The lowest BCUT2D eigenvalue weighted by molar-refractivity contribution is 0.0948. The SMILES string of the molecule is COc1cc(C(=O)NCC(C)CBr)cc(OC)c1OC. The molecule has 0 saturated heterocycles.